The molecule has 114 valence electrons. The largest absolute Gasteiger partial charge is 0.444 e. The smallest absolute Gasteiger partial charge is 0.410 e. The van der Waals surface area contributed by atoms with Crippen LogP contribution < -0.4 is 0 Å². The molecule has 5 heteroatoms. The Morgan fingerprint density at radius 2 is 2.10 bits per heavy atom. The lowest BCUT2D eigenvalue weighted by atomic mass is 10.1. The molecule has 1 N–H and O–H groups in total. The number of likely N-dealkylation sites (N-methyl/N-ethyl adjacent to an activating group) is 1. The van der Waals surface area contributed by atoms with Gasteiger partial charge in [-0.05, 0) is 51.0 Å². The van der Waals surface area contributed by atoms with Crippen molar-refractivity contribution in [2.45, 2.75) is 32.8 Å². The van der Waals surface area contributed by atoms with Crippen molar-refractivity contribution in [2.24, 2.45) is 0 Å². The molecular weight excluding hydrogens is 332 g/mol. The van der Waals surface area contributed by atoms with Crippen molar-refractivity contribution < 1.29 is 9.53 Å². The van der Waals surface area contributed by atoms with Gasteiger partial charge in [0, 0.05) is 35.2 Å². The molecule has 1 heterocycles. The number of carbonyl (C=O) groups is 1. The molecule has 0 radical (unpaired) electrons. The molecule has 0 fully saturated rings. The van der Waals surface area contributed by atoms with Crippen LogP contribution in [0.1, 0.15) is 26.3 Å². The van der Waals surface area contributed by atoms with E-state index in [4.69, 9.17) is 4.74 Å². The zero-order valence-electron chi connectivity index (χ0n) is 12.9. The van der Waals surface area contributed by atoms with Gasteiger partial charge >= 0.3 is 6.09 Å². The average molecular weight is 353 g/mol. The molecule has 0 unspecified atom stereocenters. The molecule has 2 rings (SSSR count). The zero-order chi connectivity index (χ0) is 15.6. The minimum absolute atomic E-state index is 0.288. The number of amides is 1. The topological polar surface area (TPSA) is 45.3 Å². The summed E-state index contributed by atoms with van der Waals surface area (Å²) in [4.78, 5) is 16.8. The fraction of sp³-hybridized carbons (Fsp3) is 0.438. The SMILES string of the molecule is CN(CCc1c[nH]c2ccc(Br)cc12)C(=O)OC(C)(C)C. The summed E-state index contributed by atoms with van der Waals surface area (Å²) in [7, 11) is 1.76. The highest BCUT2D eigenvalue weighted by Gasteiger charge is 2.19. The van der Waals surface area contributed by atoms with Gasteiger partial charge < -0.3 is 14.6 Å². The summed E-state index contributed by atoms with van der Waals surface area (Å²) in [6.07, 6.45) is 2.50. The van der Waals surface area contributed by atoms with E-state index < -0.39 is 5.60 Å². The first-order valence-electron chi connectivity index (χ1n) is 6.96. The standard InChI is InChI=1S/C16H21BrN2O2/c1-16(2,3)21-15(20)19(4)8-7-11-10-18-14-6-5-12(17)9-13(11)14/h5-6,9-10,18H,7-8H2,1-4H3. The fourth-order valence-electron chi connectivity index (χ4n) is 2.08. The van der Waals surface area contributed by atoms with Crippen molar-refractivity contribution in [3.63, 3.8) is 0 Å². The van der Waals surface area contributed by atoms with Crippen LogP contribution in [0.2, 0.25) is 0 Å². The molecule has 1 aromatic heterocycles. The van der Waals surface area contributed by atoms with E-state index in [9.17, 15) is 4.79 Å². The maximum absolute atomic E-state index is 11.9. The molecule has 2 aromatic rings. The molecule has 1 amide bonds. The Labute approximate surface area is 133 Å². The predicted octanol–water partition coefficient (Wildman–Crippen LogP) is 4.34. The number of aromatic amines is 1. The van der Waals surface area contributed by atoms with Crippen LogP contribution in [-0.4, -0.2) is 35.2 Å². The number of aromatic nitrogens is 1. The third-order valence-corrected chi connectivity index (χ3v) is 3.64. The first kappa shape index (κ1) is 15.9. The van der Waals surface area contributed by atoms with E-state index in [1.54, 1.807) is 11.9 Å². The fourth-order valence-corrected chi connectivity index (χ4v) is 2.44. The Morgan fingerprint density at radius 1 is 1.38 bits per heavy atom. The highest BCUT2D eigenvalue weighted by Crippen LogP contribution is 2.23. The number of rotatable bonds is 3. The van der Waals surface area contributed by atoms with E-state index in [-0.39, 0.29) is 6.09 Å². The van der Waals surface area contributed by atoms with Crippen molar-refractivity contribution in [3.8, 4) is 0 Å². The maximum Gasteiger partial charge on any atom is 0.410 e. The number of benzene rings is 1. The highest BCUT2D eigenvalue weighted by molar-refractivity contribution is 9.10. The number of fused-ring (bicyclic) bond motifs is 1. The number of halogens is 1. The van der Waals surface area contributed by atoms with Crippen LogP contribution in [0.25, 0.3) is 10.9 Å². The van der Waals surface area contributed by atoms with E-state index >= 15 is 0 Å². The van der Waals surface area contributed by atoms with E-state index in [1.807, 2.05) is 39.1 Å². The number of nitrogens with one attached hydrogen (secondary N) is 1. The van der Waals surface area contributed by atoms with Gasteiger partial charge in [0.15, 0.2) is 0 Å². The van der Waals surface area contributed by atoms with Gasteiger partial charge in [0.1, 0.15) is 5.60 Å². The summed E-state index contributed by atoms with van der Waals surface area (Å²) in [5, 5.41) is 1.18. The van der Waals surface area contributed by atoms with Crippen LogP contribution in [0.15, 0.2) is 28.9 Å². The molecule has 0 saturated heterocycles. The lowest BCUT2D eigenvalue weighted by Gasteiger charge is -2.24. The lowest BCUT2D eigenvalue weighted by Crippen LogP contribution is -2.35. The van der Waals surface area contributed by atoms with Gasteiger partial charge in [-0.3, -0.25) is 0 Å². The van der Waals surface area contributed by atoms with Crippen molar-refractivity contribution >= 4 is 32.9 Å². The monoisotopic (exact) mass is 352 g/mol. The van der Waals surface area contributed by atoms with Crippen LogP contribution in [-0.2, 0) is 11.2 Å². The minimum atomic E-state index is -0.461. The van der Waals surface area contributed by atoms with Crippen molar-refractivity contribution in [1.82, 2.24) is 9.88 Å². The number of hydrogen-bond donors (Lipinski definition) is 1. The summed E-state index contributed by atoms with van der Waals surface area (Å²) >= 11 is 3.49. The van der Waals surface area contributed by atoms with Crippen molar-refractivity contribution in [2.75, 3.05) is 13.6 Å². The van der Waals surface area contributed by atoms with E-state index in [1.165, 1.54) is 10.9 Å². The molecule has 4 nitrogen and oxygen atoms in total. The summed E-state index contributed by atoms with van der Waals surface area (Å²) < 4.78 is 6.40. The summed E-state index contributed by atoms with van der Waals surface area (Å²) in [5.41, 5.74) is 1.84. The van der Waals surface area contributed by atoms with Gasteiger partial charge in [0.2, 0.25) is 0 Å². The zero-order valence-corrected chi connectivity index (χ0v) is 14.5. The molecule has 0 bridgehead atoms. The Hall–Kier alpha value is -1.49. The van der Waals surface area contributed by atoms with Crippen LogP contribution >= 0.6 is 15.9 Å². The summed E-state index contributed by atoms with van der Waals surface area (Å²) in [6, 6.07) is 6.14. The Kier molecular flexibility index (Phi) is 4.61. The maximum atomic E-state index is 11.9. The minimum Gasteiger partial charge on any atom is -0.444 e. The van der Waals surface area contributed by atoms with Crippen LogP contribution in [0.5, 0.6) is 0 Å². The molecule has 21 heavy (non-hydrogen) atoms. The van der Waals surface area contributed by atoms with E-state index in [0.29, 0.717) is 6.54 Å². The Bertz CT molecular complexity index is 643. The third-order valence-electron chi connectivity index (χ3n) is 3.15. The Balaban J connectivity index is 2.01. The van der Waals surface area contributed by atoms with Gasteiger partial charge in [-0.1, -0.05) is 15.9 Å². The van der Waals surface area contributed by atoms with Crippen LogP contribution in [0, 0.1) is 0 Å². The van der Waals surface area contributed by atoms with Gasteiger partial charge in [-0.25, -0.2) is 4.79 Å². The van der Waals surface area contributed by atoms with Crippen molar-refractivity contribution in [1.29, 1.82) is 0 Å². The number of carbonyl (C=O) groups excluding carboxylic acids is 1. The molecular formula is C16H21BrN2O2. The second-order valence-electron chi connectivity index (χ2n) is 6.16. The van der Waals surface area contributed by atoms with Gasteiger partial charge in [-0.15, -0.1) is 0 Å². The molecule has 0 aliphatic carbocycles. The highest BCUT2D eigenvalue weighted by atomic mass is 79.9. The predicted molar refractivity (Wildman–Crippen MR) is 88.6 cm³/mol. The molecule has 0 atom stereocenters. The second kappa shape index (κ2) is 6.10. The molecule has 0 spiro atoms. The summed E-state index contributed by atoms with van der Waals surface area (Å²) in [6.45, 7) is 6.23. The molecule has 0 aliphatic heterocycles. The van der Waals surface area contributed by atoms with Crippen LogP contribution in [0.4, 0.5) is 4.79 Å². The summed E-state index contributed by atoms with van der Waals surface area (Å²) in [5.74, 6) is 0. The third kappa shape index (κ3) is 4.24. The van der Waals surface area contributed by atoms with Gasteiger partial charge in [-0.2, -0.15) is 0 Å². The van der Waals surface area contributed by atoms with E-state index in [2.05, 4.69) is 27.0 Å². The lowest BCUT2D eigenvalue weighted by molar-refractivity contribution is 0.0301. The number of hydrogen-bond acceptors (Lipinski definition) is 2. The first-order valence-corrected chi connectivity index (χ1v) is 7.75. The molecule has 1 aromatic carbocycles. The van der Waals surface area contributed by atoms with Crippen LogP contribution in [0.3, 0.4) is 0 Å². The normalized spacial score (nSPS) is 11.7. The number of ether oxygens (including phenoxy) is 1. The van der Waals surface area contributed by atoms with Gasteiger partial charge in [0.25, 0.3) is 0 Å². The molecule has 0 aliphatic rings. The molecule has 0 saturated carbocycles. The van der Waals surface area contributed by atoms with Crippen molar-refractivity contribution in [3.05, 3.63) is 34.4 Å². The number of H-pyrrole nitrogens is 1. The first-order chi connectivity index (χ1) is 9.76. The van der Waals surface area contributed by atoms with Gasteiger partial charge in [0.05, 0.1) is 0 Å². The number of nitrogens with zero attached hydrogens (tertiary/aromatic N) is 1. The second-order valence-corrected chi connectivity index (χ2v) is 7.07. The Morgan fingerprint density at radius 3 is 2.76 bits per heavy atom. The quantitative estimate of drug-likeness (QED) is 0.892. The van der Waals surface area contributed by atoms with E-state index in [0.717, 1.165) is 16.4 Å². The average Bonchev–Trinajstić information content (AvgIpc) is 2.76.